The summed E-state index contributed by atoms with van der Waals surface area (Å²) in [5.74, 6) is 0.508. The molecule has 1 amide bonds. The van der Waals surface area contributed by atoms with Crippen molar-refractivity contribution in [3.05, 3.63) is 42.6 Å². The Morgan fingerprint density at radius 2 is 2.03 bits per heavy atom. The molecule has 11 nitrogen and oxygen atoms in total. The molecule has 0 unspecified atom stereocenters. The molecule has 0 aromatic carbocycles. The minimum absolute atomic E-state index is 0.0877. The third-order valence-electron chi connectivity index (χ3n) is 5.15. The zero-order chi connectivity index (χ0) is 25.0. The molecule has 1 saturated heterocycles. The first-order chi connectivity index (χ1) is 17.1. The van der Waals surface area contributed by atoms with Crippen molar-refractivity contribution in [1.29, 1.82) is 0 Å². The molecule has 0 N–H and O–H groups in total. The zero-order valence-electron chi connectivity index (χ0n) is 20.0. The predicted octanol–water partition coefficient (Wildman–Crippen LogP) is 3.27. The molecule has 12 heteroatoms. The summed E-state index contributed by atoms with van der Waals surface area (Å²) < 4.78 is 5.11. The van der Waals surface area contributed by atoms with E-state index in [0.717, 1.165) is 16.0 Å². The smallest absolute Gasteiger partial charge is 0.348 e. The molecule has 0 radical (unpaired) electrons. The normalized spacial score (nSPS) is 13.9. The van der Waals surface area contributed by atoms with Crippen molar-refractivity contribution in [2.75, 3.05) is 57.4 Å². The summed E-state index contributed by atoms with van der Waals surface area (Å²) in [6, 6.07) is 1.79. The van der Waals surface area contributed by atoms with Gasteiger partial charge in [-0.05, 0) is 24.6 Å². The van der Waals surface area contributed by atoms with E-state index in [1.54, 1.807) is 25.1 Å². The van der Waals surface area contributed by atoms with Crippen molar-refractivity contribution < 1.29 is 19.2 Å². The van der Waals surface area contributed by atoms with Crippen molar-refractivity contribution in [3.63, 3.8) is 0 Å². The molecule has 2 aromatic rings. The Labute approximate surface area is 208 Å². The van der Waals surface area contributed by atoms with Crippen molar-refractivity contribution >= 4 is 39.2 Å². The Hall–Kier alpha value is -3.38. The summed E-state index contributed by atoms with van der Waals surface area (Å²) in [6.07, 6.45) is 5.77. The maximum absolute atomic E-state index is 12.7. The predicted molar refractivity (Wildman–Crippen MR) is 134 cm³/mol. The molecule has 1 aliphatic rings. The van der Waals surface area contributed by atoms with E-state index in [2.05, 4.69) is 38.4 Å². The van der Waals surface area contributed by atoms with E-state index in [1.165, 1.54) is 22.8 Å². The Morgan fingerprint density at radius 3 is 2.74 bits per heavy atom. The lowest BCUT2D eigenvalue weighted by Gasteiger charge is -2.35. The fraction of sp³-hybridized carbons (Fsp3) is 0.478. The molecule has 0 aliphatic carbocycles. The lowest BCUT2D eigenvalue weighted by Crippen LogP contribution is -2.49. The molecular formula is C23H31N7O4S. The Morgan fingerprint density at radius 1 is 1.23 bits per heavy atom. The van der Waals surface area contributed by atoms with E-state index in [0.29, 0.717) is 70.2 Å². The van der Waals surface area contributed by atoms with Crippen LogP contribution in [0.1, 0.15) is 29.4 Å². The number of thiophene rings is 1. The van der Waals surface area contributed by atoms with Crippen molar-refractivity contribution in [1.82, 2.24) is 20.0 Å². The standard InChI is InChI=1S/C23H31N7O4S/c1-4-9-26-27-30(10-5-2)34-15-7-8-20(31)28-11-13-29(14-12-28)21-18-16-19(23(32)33-6-3)35-22(18)25-17-24-21/h4-5,16-17H,1-2,6-15H2,3H3. The molecule has 35 heavy (non-hydrogen) atoms. The van der Waals surface area contributed by atoms with E-state index in [-0.39, 0.29) is 11.9 Å². The molecule has 0 spiro atoms. The number of aromatic nitrogens is 2. The molecular weight excluding hydrogens is 470 g/mol. The number of hydroxylamine groups is 1. The van der Waals surface area contributed by atoms with Crippen LogP contribution in [0.2, 0.25) is 0 Å². The number of fused-ring (bicyclic) bond motifs is 1. The minimum Gasteiger partial charge on any atom is -0.462 e. The first-order valence-corrected chi connectivity index (χ1v) is 12.3. The second kappa shape index (κ2) is 13.5. The molecule has 0 atom stereocenters. The summed E-state index contributed by atoms with van der Waals surface area (Å²) in [7, 11) is 0. The second-order valence-electron chi connectivity index (χ2n) is 7.58. The first-order valence-electron chi connectivity index (χ1n) is 11.5. The van der Waals surface area contributed by atoms with Gasteiger partial charge in [-0.2, -0.15) is 10.3 Å². The number of anilines is 1. The van der Waals surface area contributed by atoms with Gasteiger partial charge >= 0.3 is 5.97 Å². The van der Waals surface area contributed by atoms with Gasteiger partial charge in [0, 0.05) is 32.6 Å². The van der Waals surface area contributed by atoms with Crippen LogP contribution in [0.25, 0.3) is 10.2 Å². The van der Waals surface area contributed by atoms with E-state index in [9.17, 15) is 9.59 Å². The quantitative estimate of drug-likeness (QED) is 0.135. The zero-order valence-corrected chi connectivity index (χ0v) is 20.8. The second-order valence-corrected chi connectivity index (χ2v) is 8.61. The number of hydrogen-bond donors (Lipinski definition) is 0. The van der Waals surface area contributed by atoms with E-state index in [1.807, 2.05) is 4.90 Å². The van der Waals surface area contributed by atoms with Gasteiger partial charge in [0.25, 0.3) is 0 Å². The van der Waals surface area contributed by atoms with Crippen LogP contribution in [0, 0.1) is 0 Å². The molecule has 0 saturated carbocycles. The van der Waals surface area contributed by atoms with Crippen LogP contribution in [0.5, 0.6) is 0 Å². The van der Waals surface area contributed by atoms with Crippen LogP contribution in [-0.4, -0.2) is 84.4 Å². The Bertz CT molecular complexity index is 1050. The monoisotopic (exact) mass is 501 g/mol. The van der Waals surface area contributed by atoms with Gasteiger partial charge in [-0.15, -0.1) is 24.5 Å². The van der Waals surface area contributed by atoms with E-state index in [4.69, 9.17) is 9.57 Å². The number of nitrogens with zero attached hydrogens (tertiary/aromatic N) is 7. The molecule has 188 valence electrons. The molecule has 1 aliphatic heterocycles. The van der Waals surface area contributed by atoms with Crippen LogP contribution in [0.15, 0.2) is 48.0 Å². The number of amides is 1. The third kappa shape index (κ3) is 7.30. The van der Waals surface area contributed by atoms with Crippen LogP contribution >= 0.6 is 11.3 Å². The average molecular weight is 502 g/mol. The number of piperazine rings is 1. The fourth-order valence-corrected chi connectivity index (χ4v) is 4.39. The van der Waals surface area contributed by atoms with Gasteiger partial charge in [0.1, 0.15) is 21.9 Å². The first kappa shape index (κ1) is 26.2. The van der Waals surface area contributed by atoms with Crippen molar-refractivity contribution in [2.24, 2.45) is 10.3 Å². The number of ether oxygens (including phenoxy) is 1. The Kier molecular flexibility index (Phi) is 10.1. The highest BCUT2D eigenvalue weighted by Gasteiger charge is 2.24. The van der Waals surface area contributed by atoms with Crippen LogP contribution < -0.4 is 4.90 Å². The highest BCUT2D eigenvalue weighted by Crippen LogP contribution is 2.31. The third-order valence-corrected chi connectivity index (χ3v) is 6.17. The van der Waals surface area contributed by atoms with Crippen molar-refractivity contribution in [2.45, 2.75) is 19.8 Å². The van der Waals surface area contributed by atoms with Gasteiger partial charge in [0.15, 0.2) is 0 Å². The lowest BCUT2D eigenvalue weighted by molar-refractivity contribution is -0.160. The molecule has 0 bridgehead atoms. The summed E-state index contributed by atoms with van der Waals surface area (Å²) in [6.45, 7) is 13.0. The number of carbonyl (C=O) groups excluding carboxylic acids is 2. The summed E-state index contributed by atoms with van der Waals surface area (Å²) in [4.78, 5) is 44.3. The average Bonchev–Trinajstić information content (AvgIpc) is 3.32. The SMILES string of the molecule is C=CCN=NN(CC=C)OCCCC(=O)N1CCN(c2ncnc3sc(C(=O)OCC)cc23)CC1. The van der Waals surface area contributed by atoms with Crippen molar-refractivity contribution in [3.8, 4) is 0 Å². The number of carbonyl (C=O) groups is 2. The maximum Gasteiger partial charge on any atom is 0.348 e. The topological polar surface area (TPSA) is 113 Å². The lowest BCUT2D eigenvalue weighted by atomic mass is 10.2. The van der Waals surface area contributed by atoms with E-state index < -0.39 is 0 Å². The van der Waals surface area contributed by atoms with Crippen LogP contribution in [0.3, 0.4) is 0 Å². The van der Waals surface area contributed by atoms with Gasteiger partial charge in [-0.25, -0.2) is 14.8 Å². The largest absolute Gasteiger partial charge is 0.462 e. The number of rotatable bonds is 13. The van der Waals surface area contributed by atoms with Gasteiger partial charge in [-0.1, -0.05) is 12.2 Å². The van der Waals surface area contributed by atoms with Gasteiger partial charge in [0.2, 0.25) is 5.91 Å². The summed E-state index contributed by atoms with van der Waals surface area (Å²) in [5.41, 5.74) is 0. The van der Waals surface area contributed by atoms with Crippen LogP contribution in [0.4, 0.5) is 5.82 Å². The highest BCUT2D eigenvalue weighted by atomic mass is 32.1. The molecule has 3 heterocycles. The number of esters is 1. The fourth-order valence-electron chi connectivity index (χ4n) is 3.51. The molecule has 1 fully saturated rings. The molecule has 3 rings (SSSR count). The highest BCUT2D eigenvalue weighted by molar-refractivity contribution is 7.20. The summed E-state index contributed by atoms with van der Waals surface area (Å²) >= 11 is 1.30. The van der Waals surface area contributed by atoms with E-state index >= 15 is 0 Å². The summed E-state index contributed by atoms with van der Waals surface area (Å²) in [5, 5.41) is 10.0. The van der Waals surface area contributed by atoms with Gasteiger partial charge in [0.05, 0.1) is 31.7 Å². The maximum atomic E-state index is 12.7. The van der Waals surface area contributed by atoms with Crippen LogP contribution in [-0.2, 0) is 14.4 Å². The minimum atomic E-state index is -0.353. The van der Waals surface area contributed by atoms with Gasteiger partial charge < -0.3 is 14.5 Å². The van der Waals surface area contributed by atoms with Gasteiger partial charge in [-0.3, -0.25) is 9.63 Å². The molecule has 2 aromatic heterocycles. The number of hydrogen-bond acceptors (Lipinski definition) is 10. The Balaban J connectivity index is 1.48.